The van der Waals surface area contributed by atoms with Gasteiger partial charge in [0.25, 0.3) is 0 Å². The Kier molecular flexibility index (Phi) is 14.5. The normalized spacial score (nSPS) is 23.9. The van der Waals surface area contributed by atoms with Crippen molar-refractivity contribution in [3.8, 4) is 0 Å². The summed E-state index contributed by atoms with van der Waals surface area (Å²) in [4.78, 5) is 74.7. The van der Waals surface area contributed by atoms with Crippen LogP contribution in [0.1, 0.15) is 96.1 Å². The molecule has 2 aliphatic heterocycles. The van der Waals surface area contributed by atoms with E-state index >= 15 is 0 Å². The minimum absolute atomic E-state index is 0.0240. The van der Waals surface area contributed by atoms with Crippen molar-refractivity contribution in [2.45, 2.75) is 116 Å². The van der Waals surface area contributed by atoms with Crippen LogP contribution in [0.15, 0.2) is 24.3 Å². The summed E-state index contributed by atoms with van der Waals surface area (Å²) >= 11 is 6.54. The van der Waals surface area contributed by atoms with Crippen LogP contribution in [-0.4, -0.2) is 114 Å². The molecule has 282 valence electrons. The van der Waals surface area contributed by atoms with Gasteiger partial charge in [0.15, 0.2) is 0 Å². The molecule has 0 spiro atoms. The molecule has 4 atom stereocenters. The molecule has 1 unspecified atom stereocenters. The molecule has 11 nitrogen and oxygen atoms in total. The molecule has 2 fully saturated rings. The van der Waals surface area contributed by atoms with Crippen molar-refractivity contribution in [2.24, 2.45) is 17.6 Å². The number of likely N-dealkylation sites (N-methyl/N-ethyl adjacent to an activating group) is 3. The van der Waals surface area contributed by atoms with Gasteiger partial charge in [0.1, 0.15) is 18.1 Å². The Labute approximate surface area is 309 Å². The summed E-state index contributed by atoms with van der Waals surface area (Å²) in [5, 5.41) is 3.55. The van der Waals surface area contributed by atoms with Crippen LogP contribution in [0.4, 0.5) is 0 Å². The zero-order valence-corrected chi connectivity index (χ0v) is 32.2. The van der Waals surface area contributed by atoms with Crippen molar-refractivity contribution in [2.75, 3.05) is 40.8 Å². The molecule has 1 aromatic carbocycles. The van der Waals surface area contributed by atoms with Crippen LogP contribution in [0.2, 0.25) is 5.02 Å². The van der Waals surface area contributed by atoms with Gasteiger partial charge in [-0.25, -0.2) is 0 Å². The van der Waals surface area contributed by atoms with Gasteiger partial charge in [-0.3, -0.25) is 24.0 Å². The van der Waals surface area contributed by atoms with Crippen molar-refractivity contribution in [3.05, 3.63) is 40.4 Å². The Balaban J connectivity index is 1.67. The van der Waals surface area contributed by atoms with Crippen molar-refractivity contribution < 1.29 is 24.0 Å². The number of hydrogen-bond donors (Lipinski definition) is 2. The minimum Gasteiger partial charge on any atom is -0.344 e. The Morgan fingerprint density at radius 2 is 1.69 bits per heavy atom. The number of rotatable bonds is 8. The molecule has 5 amide bonds. The van der Waals surface area contributed by atoms with Crippen molar-refractivity contribution in [1.82, 2.24) is 24.9 Å². The zero-order valence-electron chi connectivity index (χ0n) is 31.5. The molecule has 3 aliphatic rings. The molecule has 1 saturated carbocycles. The first-order valence-corrected chi connectivity index (χ1v) is 19.1. The quantitative estimate of drug-likeness (QED) is 0.411. The molecule has 0 bridgehead atoms. The van der Waals surface area contributed by atoms with E-state index in [0.29, 0.717) is 43.9 Å². The molecule has 1 aromatic rings. The predicted octanol–water partition coefficient (Wildman–Crippen LogP) is 4.25. The Hall–Kier alpha value is -3.44. The van der Waals surface area contributed by atoms with Crippen molar-refractivity contribution in [1.29, 1.82) is 0 Å². The maximum Gasteiger partial charge on any atom is 0.245 e. The lowest BCUT2D eigenvalue weighted by atomic mass is 9.90. The molecule has 1 saturated heterocycles. The molecule has 51 heavy (non-hydrogen) atoms. The Bertz CT molecular complexity index is 1460. The number of nitrogens with one attached hydrogen (secondary N) is 1. The standard InChI is InChI=1S/C39H59ClN6O5/c1-25(2)22-32-37(49)45(6)34(24-29-23-30(40)15-16-31(29)27-17-20-46(21-18-27)26(3)47)38(50)43(4)19-11-9-7-8-10-12-33(36(48)42-32)44(5)39(51)35(41)28-13-14-28/h15-17,23,25,28,32-35H,7-14,18-22,24,41H2,1-6H3,(H,42,48)/t32-,33-,34-,35?/m0/s1. The van der Waals surface area contributed by atoms with Crippen LogP contribution >= 0.6 is 11.6 Å². The summed E-state index contributed by atoms with van der Waals surface area (Å²) in [7, 11) is 5.07. The highest BCUT2D eigenvalue weighted by atomic mass is 35.5. The predicted molar refractivity (Wildman–Crippen MR) is 201 cm³/mol. The molecule has 4 rings (SSSR count). The highest BCUT2D eigenvalue weighted by molar-refractivity contribution is 6.30. The molecular weight excluding hydrogens is 668 g/mol. The van der Waals surface area contributed by atoms with E-state index in [0.717, 1.165) is 61.6 Å². The van der Waals surface area contributed by atoms with Crippen LogP contribution in [0.3, 0.4) is 0 Å². The topological polar surface area (TPSA) is 136 Å². The van der Waals surface area contributed by atoms with Gasteiger partial charge in [-0.05, 0) is 79.2 Å². The van der Waals surface area contributed by atoms with E-state index in [1.165, 1.54) is 9.80 Å². The van der Waals surface area contributed by atoms with Crippen LogP contribution < -0.4 is 11.1 Å². The van der Waals surface area contributed by atoms with E-state index in [1.807, 2.05) is 38.1 Å². The summed E-state index contributed by atoms with van der Waals surface area (Å²) in [6, 6.07) is 2.46. The van der Waals surface area contributed by atoms with Gasteiger partial charge >= 0.3 is 0 Å². The van der Waals surface area contributed by atoms with Gasteiger partial charge in [-0.2, -0.15) is 0 Å². The maximum absolute atomic E-state index is 14.5. The van der Waals surface area contributed by atoms with Gasteiger partial charge in [0.05, 0.1) is 6.04 Å². The Morgan fingerprint density at radius 3 is 2.31 bits per heavy atom. The zero-order chi connectivity index (χ0) is 37.4. The summed E-state index contributed by atoms with van der Waals surface area (Å²) in [5.41, 5.74) is 9.14. The van der Waals surface area contributed by atoms with E-state index in [4.69, 9.17) is 17.3 Å². The molecule has 1 aliphatic carbocycles. The summed E-state index contributed by atoms with van der Waals surface area (Å²) in [5.74, 6) is -0.944. The first kappa shape index (κ1) is 40.3. The maximum atomic E-state index is 14.5. The summed E-state index contributed by atoms with van der Waals surface area (Å²) < 4.78 is 0. The number of benzene rings is 1. The van der Waals surface area contributed by atoms with Gasteiger partial charge < -0.3 is 30.7 Å². The highest BCUT2D eigenvalue weighted by Gasteiger charge is 2.40. The van der Waals surface area contributed by atoms with Crippen molar-refractivity contribution >= 4 is 46.7 Å². The fourth-order valence-corrected chi connectivity index (χ4v) is 7.53. The fourth-order valence-electron chi connectivity index (χ4n) is 7.33. The molecule has 3 N–H and O–H groups in total. The van der Waals surface area contributed by atoms with E-state index in [2.05, 4.69) is 5.32 Å². The molecular formula is C39H59ClN6O5. The molecule has 0 radical (unpaired) electrons. The fraction of sp³-hybridized carbons (Fsp3) is 0.667. The molecule has 2 heterocycles. The number of carbonyl (C=O) groups excluding carboxylic acids is 5. The largest absolute Gasteiger partial charge is 0.344 e. The van der Waals surface area contributed by atoms with Gasteiger partial charge in [0, 0.05) is 59.1 Å². The van der Waals surface area contributed by atoms with Crippen molar-refractivity contribution in [3.63, 3.8) is 0 Å². The third-order valence-electron chi connectivity index (χ3n) is 10.8. The number of amides is 5. The monoisotopic (exact) mass is 726 g/mol. The van der Waals surface area contributed by atoms with E-state index in [-0.39, 0.29) is 47.8 Å². The first-order valence-electron chi connectivity index (χ1n) is 18.8. The van der Waals surface area contributed by atoms with Crippen LogP contribution in [0.5, 0.6) is 0 Å². The van der Waals surface area contributed by atoms with Crippen LogP contribution in [-0.2, 0) is 30.4 Å². The van der Waals surface area contributed by atoms with Gasteiger partial charge in [-0.1, -0.05) is 63.3 Å². The summed E-state index contributed by atoms with van der Waals surface area (Å²) in [6.45, 7) is 7.19. The average Bonchev–Trinajstić information content (AvgIpc) is 3.95. The second kappa shape index (κ2) is 18.4. The smallest absolute Gasteiger partial charge is 0.245 e. The first-order chi connectivity index (χ1) is 24.2. The highest BCUT2D eigenvalue weighted by Crippen LogP contribution is 2.33. The number of nitrogens with two attached hydrogens (primary N) is 1. The van der Waals surface area contributed by atoms with E-state index in [1.54, 1.807) is 37.9 Å². The second-order valence-electron chi connectivity index (χ2n) is 15.3. The number of halogens is 1. The number of carbonyl (C=O) groups is 5. The minimum atomic E-state index is -0.906. The lowest BCUT2D eigenvalue weighted by Gasteiger charge is -2.36. The van der Waals surface area contributed by atoms with Crippen LogP contribution in [0.25, 0.3) is 5.57 Å². The number of nitrogens with zero attached hydrogens (tertiary/aromatic N) is 4. The third-order valence-corrected chi connectivity index (χ3v) is 11.0. The SMILES string of the molecule is CC(=O)N1CC=C(c2ccc(Cl)cc2C[C@H]2C(=O)N(C)CCCCCCC[C@H](N(C)C(=O)C(N)C3CC3)C(=O)N[C@@H](CC(C)C)C(=O)N2C)CC1. The Morgan fingerprint density at radius 1 is 1.00 bits per heavy atom. The van der Waals surface area contributed by atoms with Gasteiger partial charge in [-0.15, -0.1) is 0 Å². The number of hydrogen-bond acceptors (Lipinski definition) is 6. The van der Waals surface area contributed by atoms with E-state index in [9.17, 15) is 24.0 Å². The molecule has 12 heteroatoms. The van der Waals surface area contributed by atoms with E-state index < -0.39 is 24.2 Å². The summed E-state index contributed by atoms with van der Waals surface area (Å²) in [6.07, 6.45) is 9.88. The second-order valence-corrected chi connectivity index (χ2v) is 15.7. The third kappa shape index (κ3) is 10.8. The average molecular weight is 727 g/mol. The lowest BCUT2D eigenvalue weighted by Crippen LogP contribution is -2.59. The lowest BCUT2D eigenvalue weighted by molar-refractivity contribution is -0.147. The van der Waals surface area contributed by atoms with Gasteiger partial charge in [0.2, 0.25) is 29.5 Å². The molecule has 0 aromatic heterocycles. The van der Waals surface area contributed by atoms with Crippen LogP contribution in [0, 0.1) is 11.8 Å².